The Morgan fingerprint density at radius 1 is 1.21 bits per heavy atom. The first-order valence-corrected chi connectivity index (χ1v) is 7.59. The highest BCUT2D eigenvalue weighted by Crippen LogP contribution is 2.26. The standard InChI is InChI=1S/C16H17N7O/c1-16(2,3)23-7-6-12(22-23)19-15-13-10(9-17-21-13)18-14(20-15)11-5-4-8-24-11/h4-9H,1-3H3,(H,17,21)(H,18,19,20,22). The van der Waals surface area contributed by atoms with E-state index in [0.29, 0.717) is 28.7 Å². The molecule has 4 heterocycles. The summed E-state index contributed by atoms with van der Waals surface area (Å²) >= 11 is 0. The first kappa shape index (κ1) is 14.4. The van der Waals surface area contributed by atoms with Crippen molar-refractivity contribution in [2.45, 2.75) is 26.3 Å². The number of fused-ring (bicyclic) bond motifs is 1. The first-order valence-electron chi connectivity index (χ1n) is 7.59. The van der Waals surface area contributed by atoms with Crippen molar-refractivity contribution in [1.82, 2.24) is 29.9 Å². The Balaban J connectivity index is 1.75. The molecule has 8 heteroatoms. The topological polar surface area (TPSA) is 97.5 Å². The van der Waals surface area contributed by atoms with Gasteiger partial charge in [0, 0.05) is 12.3 Å². The summed E-state index contributed by atoms with van der Waals surface area (Å²) in [5.41, 5.74) is 1.33. The van der Waals surface area contributed by atoms with Gasteiger partial charge in [-0.1, -0.05) is 0 Å². The summed E-state index contributed by atoms with van der Waals surface area (Å²) in [5, 5.41) is 14.7. The van der Waals surface area contributed by atoms with Gasteiger partial charge in [0.1, 0.15) is 11.0 Å². The van der Waals surface area contributed by atoms with E-state index in [-0.39, 0.29) is 5.54 Å². The predicted molar refractivity (Wildman–Crippen MR) is 89.9 cm³/mol. The fraction of sp³-hybridized carbons (Fsp3) is 0.250. The molecule has 0 atom stereocenters. The van der Waals surface area contributed by atoms with E-state index in [2.05, 4.69) is 51.4 Å². The third-order valence-electron chi connectivity index (χ3n) is 3.56. The molecule has 0 saturated heterocycles. The number of rotatable bonds is 3. The molecule has 4 rings (SSSR count). The van der Waals surface area contributed by atoms with Crippen LogP contribution in [-0.2, 0) is 5.54 Å². The Kier molecular flexibility index (Phi) is 3.12. The van der Waals surface area contributed by atoms with E-state index < -0.39 is 0 Å². The molecule has 24 heavy (non-hydrogen) atoms. The fourth-order valence-corrected chi connectivity index (χ4v) is 2.33. The highest BCUT2D eigenvalue weighted by molar-refractivity contribution is 5.87. The molecule has 2 N–H and O–H groups in total. The molecule has 0 aliphatic carbocycles. The minimum Gasteiger partial charge on any atom is -0.461 e. The van der Waals surface area contributed by atoms with Gasteiger partial charge in [0.15, 0.2) is 23.2 Å². The van der Waals surface area contributed by atoms with Crippen molar-refractivity contribution in [2.24, 2.45) is 0 Å². The van der Waals surface area contributed by atoms with Crippen molar-refractivity contribution >= 4 is 22.7 Å². The van der Waals surface area contributed by atoms with Gasteiger partial charge >= 0.3 is 0 Å². The fourth-order valence-electron chi connectivity index (χ4n) is 2.33. The average Bonchev–Trinajstić information content (AvgIpc) is 3.27. The number of aromatic nitrogens is 6. The lowest BCUT2D eigenvalue weighted by molar-refractivity contribution is 0.356. The first-order chi connectivity index (χ1) is 11.5. The highest BCUT2D eigenvalue weighted by Gasteiger charge is 2.16. The van der Waals surface area contributed by atoms with Gasteiger partial charge in [-0.15, -0.1) is 0 Å². The number of furan rings is 1. The van der Waals surface area contributed by atoms with Crippen LogP contribution in [0.1, 0.15) is 20.8 Å². The van der Waals surface area contributed by atoms with Crippen molar-refractivity contribution in [2.75, 3.05) is 5.32 Å². The maximum absolute atomic E-state index is 5.40. The maximum Gasteiger partial charge on any atom is 0.198 e. The molecule has 4 aromatic rings. The van der Waals surface area contributed by atoms with E-state index in [1.807, 2.05) is 23.0 Å². The summed E-state index contributed by atoms with van der Waals surface area (Å²) in [6, 6.07) is 5.53. The van der Waals surface area contributed by atoms with Crippen LogP contribution in [0, 0.1) is 0 Å². The minimum absolute atomic E-state index is 0.0890. The summed E-state index contributed by atoms with van der Waals surface area (Å²) in [6.07, 6.45) is 5.18. The zero-order valence-corrected chi connectivity index (χ0v) is 13.6. The Bertz CT molecular complexity index is 976. The molecule has 0 unspecified atom stereocenters. The summed E-state index contributed by atoms with van der Waals surface area (Å²) in [4.78, 5) is 9.01. The van der Waals surface area contributed by atoms with Crippen LogP contribution < -0.4 is 5.32 Å². The van der Waals surface area contributed by atoms with E-state index in [1.54, 1.807) is 18.5 Å². The van der Waals surface area contributed by atoms with E-state index in [0.717, 1.165) is 5.52 Å². The molecule has 4 aromatic heterocycles. The van der Waals surface area contributed by atoms with Gasteiger partial charge in [-0.25, -0.2) is 9.97 Å². The van der Waals surface area contributed by atoms with E-state index in [1.165, 1.54) is 0 Å². The second-order valence-corrected chi connectivity index (χ2v) is 6.44. The van der Waals surface area contributed by atoms with Crippen LogP contribution in [-0.4, -0.2) is 29.9 Å². The van der Waals surface area contributed by atoms with E-state index in [9.17, 15) is 0 Å². The molecule has 8 nitrogen and oxygen atoms in total. The molecule has 0 aromatic carbocycles. The molecular formula is C16H17N7O. The molecule has 0 aliphatic heterocycles. The Hall–Kier alpha value is -3.16. The van der Waals surface area contributed by atoms with Gasteiger partial charge in [0.25, 0.3) is 0 Å². The third kappa shape index (κ3) is 2.51. The molecule has 122 valence electrons. The minimum atomic E-state index is -0.0890. The van der Waals surface area contributed by atoms with Gasteiger partial charge in [-0.3, -0.25) is 9.78 Å². The molecule has 0 aliphatic rings. The van der Waals surface area contributed by atoms with Gasteiger partial charge in [0.2, 0.25) is 0 Å². The van der Waals surface area contributed by atoms with Crippen molar-refractivity contribution in [1.29, 1.82) is 0 Å². The summed E-state index contributed by atoms with van der Waals surface area (Å²) < 4.78 is 7.29. The molecule has 0 radical (unpaired) electrons. The Labute approximate surface area is 137 Å². The summed E-state index contributed by atoms with van der Waals surface area (Å²) in [6.45, 7) is 6.28. The quantitative estimate of drug-likeness (QED) is 0.600. The van der Waals surface area contributed by atoms with Crippen LogP contribution in [0.2, 0.25) is 0 Å². The van der Waals surface area contributed by atoms with Crippen molar-refractivity contribution in [3.8, 4) is 11.6 Å². The van der Waals surface area contributed by atoms with Gasteiger partial charge in [-0.05, 0) is 32.9 Å². The van der Waals surface area contributed by atoms with Crippen LogP contribution >= 0.6 is 0 Å². The van der Waals surface area contributed by atoms with Gasteiger partial charge in [-0.2, -0.15) is 10.2 Å². The van der Waals surface area contributed by atoms with E-state index in [4.69, 9.17) is 4.42 Å². The Morgan fingerprint density at radius 3 is 2.79 bits per heavy atom. The van der Waals surface area contributed by atoms with Gasteiger partial charge in [0.05, 0.1) is 18.0 Å². The third-order valence-corrected chi connectivity index (χ3v) is 3.56. The SMILES string of the molecule is CC(C)(C)n1ccc(Nc2nc(-c3ccco3)nc3cn[nH]c23)n1. The summed E-state index contributed by atoms with van der Waals surface area (Å²) in [5.74, 6) is 2.39. The highest BCUT2D eigenvalue weighted by atomic mass is 16.3. The molecule has 0 saturated carbocycles. The summed E-state index contributed by atoms with van der Waals surface area (Å²) in [7, 11) is 0. The van der Waals surface area contributed by atoms with Crippen LogP contribution in [0.25, 0.3) is 22.6 Å². The zero-order valence-electron chi connectivity index (χ0n) is 13.6. The Morgan fingerprint density at radius 2 is 2.08 bits per heavy atom. The lowest BCUT2D eigenvalue weighted by atomic mass is 10.1. The van der Waals surface area contributed by atoms with Crippen molar-refractivity contribution in [3.05, 3.63) is 36.9 Å². The maximum atomic E-state index is 5.40. The van der Waals surface area contributed by atoms with Gasteiger partial charge < -0.3 is 9.73 Å². The normalized spacial score (nSPS) is 12.0. The monoisotopic (exact) mass is 323 g/mol. The van der Waals surface area contributed by atoms with Crippen molar-refractivity contribution in [3.63, 3.8) is 0 Å². The number of H-pyrrole nitrogens is 1. The average molecular weight is 323 g/mol. The largest absolute Gasteiger partial charge is 0.461 e. The zero-order chi connectivity index (χ0) is 16.7. The smallest absolute Gasteiger partial charge is 0.198 e. The number of anilines is 2. The van der Waals surface area contributed by atoms with Crippen LogP contribution in [0.3, 0.4) is 0 Å². The molecule has 0 fully saturated rings. The number of hydrogen-bond acceptors (Lipinski definition) is 6. The molecular weight excluding hydrogens is 306 g/mol. The molecule has 0 amide bonds. The van der Waals surface area contributed by atoms with Crippen LogP contribution in [0.5, 0.6) is 0 Å². The van der Waals surface area contributed by atoms with Crippen molar-refractivity contribution < 1.29 is 4.42 Å². The van der Waals surface area contributed by atoms with Crippen LogP contribution in [0.15, 0.2) is 41.3 Å². The second kappa shape index (κ2) is 5.19. The molecule has 0 spiro atoms. The molecule has 0 bridgehead atoms. The number of aromatic amines is 1. The predicted octanol–water partition coefficient (Wildman–Crippen LogP) is 3.31. The second-order valence-electron chi connectivity index (χ2n) is 6.44. The number of nitrogens with zero attached hydrogens (tertiary/aromatic N) is 5. The lowest BCUT2D eigenvalue weighted by Gasteiger charge is -2.18. The van der Waals surface area contributed by atoms with Crippen LogP contribution in [0.4, 0.5) is 11.6 Å². The number of hydrogen-bond donors (Lipinski definition) is 2. The van der Waals surface area contributed by atoms with E-state index >= 15 is 0 Å². The lowest BCUT2D eigenvalue weighted by Crippen LogP contribution is -2.22. The number of nitrogens with one attached hydrogen (secondary N) is 2.